The van der Waals surface area contributed by atoms with Crippen molar-refractivity contribution in [2.45, 2.75) is 18.5 Å². The molecule has 6 heteroatoms. The van der Waals surface area contributed by atoms with Crippen molar-refractivity contribution >= 4 is 22.7 Å². The van der Waals surface area contributed by atoms with E-state index in [0.717, 1.165) is 5.39 Å². The number of nitrogens with one attached hydrogen (secondary N) is 1. The van der Waals surface area contributed by atoms with Crippen molar-refractivity contribution in [3.05, 3.63) is 95.8 Å². The third kappa shape index (κ3) is 4.26. The predicted octanol–water partition coefficient (Wildman–Crippen LogP) is 5.56. The fourth-order valence-corrected chi connectivity index (χ4v) is 4.31. The largest absolute Gasteiger partial charge is 0.353 e. The molecule has 1 fully saturated rings. The number of nitrogens with zero attached hydrogens (tertiary/aromatic N) is 3. The Morgan fingerprint density at radius 2 is 1.62 bits per heavy atom. The van der Waals surface area contributed by atoms with Gasteiger partial charge < -0.3 is 10.2 Å². The zero-order chi connectivity index (χ0) is 21.9. The van der Waals surface area contributed by atoms with Crippen molar-refractivity contribution < 1.29 is 8.78 Å². The third-order valence-corrected chi connectivity index (χ3v) is 5.94. The fraction of sp³-hybridized carbons (Fsp3) is 0.231. The summed E-state index contributed by atoms with van der Waals surface area (Å²) < 4.78 is 27.8. The molecule has 1 atom stereocenters. The van der Waals surface area contributed by atoms with Gasteiger partial charge in [0, 0.05) is 30.5 Å². The van der Waals surface area contributed by atoms with Crippen LogP contribution in [-0.2, 0) is 0 Å². The second-order valence-corrected chi connectivity index (χ2v) is 8.12. The molecule has 4 nitrogen and oxygen atoms in total. The Bertz CT molecular complexity index is 1160. The van der Waals surface area contributed by atoms with E-state index in [1.54, 1.807) is 6.07 Å². The summed E-state index contributed by atoms with van der Waals surface area (Å²) >= 11 is 0. The smallest absolute Gasteiger partial charge is 0.225 e. The van der Waals surface area contributed by atoms with Crippen LogP contribution < -0.4 is 10.2 Å². The number of hydrogen-bond acceptors (Lipinski definition) is 4. The molecule has 0 bridgehead atoms. The maximum absolute atomic E-state index is 13.9. The number of aromatic nitrogens is 2. The zero-order valence-corrected chi connectivity index (χ0v) is 17.6. The quantitative estimate of drug-likeness (QED) is 0.435. The molecule has 1 aliphatic rings. The lowest BCUT2D eigenvalue weighted by atomic mass is 9.91. The summed E-state index contributed by atoms with van der Waals surface area (Å²) in [5.74, 6) is 0.796. The molecule has 0 spiro atoms. The SMILES string of the molecule is Fc1ccc2c(N3CCC(F)C3)nc(NCC(c3ccccc3)c3ccccc3)nc2c1. The van der Waals surface area contributed by atoms with Gasteiger partial charge in [0.05, 0.1) is 12.1 Å². The van der Waals surface area contributed by atoms with Crippen molar-refractivity contribution in [1.82, 2.24) is 9.97 Å². The first-order chi connectivity index (χ1) is 15.7. The van der Waals surface area contributed by atoms with Crippen molar-refractivity contribution in [3.63, 3.8) is 0 Å². The maximum atomic E-state index is 13.9. The molecule has 1 unspecified atom stereocenters. The standard InChI is InChI=1S/C26H24F2N4/c27-20-11-12-22-24(15-20)30-26(31-25(22)32-14-13-21(28)17-32)29-16-23(18-7-3-1-4-8-18)19-9-5-2-6-10-19/h1-12,15,21,23H,13-14,16-17H2,(H,29,30,31). The highest BCUT2D eigenvalue weighted by Gasteiger charge is 2.25. The van der Waals surface area contributed by atoms with Gasteiger partial charge in [-0.25, -0.2) is 13.8 Å². The number of hydrogen-bond donors (Lipinski definition) is 1. The summed E-state index contributed by atoms with van der Waals surface area (Å²) in [6.07, 6.45) is -0.406. The van der Waals surface area contributed by atoms with Crippen LogP contribution in [0.4, 0.5) is 20.5 Å². The van der Waals surface area contributed by atoms with E-state index in [0.29, 0.717) is 43.3 Å². The molecule has 1 aliphatic heterocycles. The van der Waals surface area contributed by atoms with E-state index < -0.39 is 6.17 Å². The van der Waals surface area contributed by atoms with Gasteiger partial charge in [-0.2, -0.15) is 4.98 Å². The third-order valence-electron chi connectivity index (χ3n) is 5.94. The molecule has 32 heavy (non-hydrogen) atoms. The van der Waals surface area contributed by atoms with E-state index >= 15 is 0 Å². The topological polar surface area (TPSA) is 41.1 Å². The minimum atomic E-state index is -0.877. The predicted molar refractivity (Wildman–Crippen MR) is 124 cm³/mol. The lowest BCUT2D eigenvalue weighted by Crippen LogP contribution is -2.23. The minimum Gasteiger partial charge on any atom is -0.353 e. The van der Waals surface area contributed by atoms with E-state index in [1.165, 1.54) is 23.3 Å². The Morgan fingerprint density at radius 3 is 2.25 bits per heavy atom. The lowest BCUT2D eigenvalue weighted by Gasteiger charge is -2.21. The van der Waals surface area contributed by atoms with E-state index in [4.69, 9.17) is 4.98 Å². The van der Waals surface area contributed by atoms with E-state index in [2.05, 4.69) is 34.6 Å². The normalized spacial score (nSPS) is 16.1. The van der Waals surface area contributed by atoms with Gasteiger partial charge in [0.1, 0.15) is 17.8 Å². The highest BCUT2D eigenvalue weighted by molar-refractivity contribution is 5.90. The number of anilines is 2. The van der Waals surface area contributed by atoms with Crippen LogP contribution in [0.2, 0.25) is 0 Å². The first-order valence-electron chi connectivity index (χ1n) is 10.9. The first kappa shape index (κ1) is 20.4. The molecular formula is C26H24F2N4. The summed E-state index contributed by atoms with van der Waals surface area (Å²) in [6.45, 7) is 1.44. The average Bonchev–Trinajstić information content (AvgIpc) is 3.26. The highest BCUT2D eigenvalue weighted by Crippen LogP contribution is 2.30. The molecule has 4 aromatic rings. The van der Waals surface area contributed by atoms with Gasteiger partial charge in [0.15, 0.2) is 0 Å². The number of rotatable bonds is 6. The summed E-state index contributed by atoms with van der Waals surface area (Å²) in [6, 6.07) is 25.0. The molecule has 1 N–H and O–H groups in total. The van der Waals surface area contributed by atoms with E-state index in [1.807, 2.05) is 41.3 Å². The van der Waals surface area contributed by atoms with Crippen LogP contribution in [-0.4, -0.2) is 35.8 Å². The fourth-order valence-electron chi connectivity index (χ4n) is 4.31. The number of fused-ring (bicyclic) bond motifs is 1. The molecule has 0 radical (unpaired) electrons. The summed E-state index contributed by atoms with van der Waals surface area (Å²) in [7, 11) is 0. The number of alkyl halides is 1. The molecule has 0 aliphatic carbocycles. The van der Waals surface area contributed by atoms with Gasteiger partial charge in [-0.3, -0.25) is 0 Å². The molecule has 0 amide bonds. The van der Waals surface area contributed by atoms with E-state index in [9.17, 15) is 8.78 Å². The summed E-state index contributed by atoms with van der Waals surface area (Å²) in [5, 5.41) is 4.09. The Labute approximate surface area is 185 Å². The molecular weight excluding hydrogens is 406 g/mol. The van der Waals surface area contributed by atoms with Crippen molar-refractivity contribution in [2.75, 3.05) is 29.9 Å². The maximum Gasteiger partial charge on any atom is 0.225 e. The van der Waals surface area contributed by atoms with Crippen LogP contribution in [0.15, 0.2) is 78.9 Å². The lowest BCUT2D eigenvalue weighted by molar-refractivity contribution is 0.364. The highest BCUT2D eigenvalue weighted by atomic mass is 19.1. The van der Waals surface area contributed by atoms with Crippen LogP contribution in [0.25, 0.3) is 10.9 Å². The average molecular weight is 431 g/mol. The monoisotopic (exact) mass is 430 g/mol. The Hall–Kier alpha value is -3.54. The minimum absolute atomic E-state index is 0.0923. The molecule has 1 saturated heterocycles. The van der Waals surface area contributed by atoms with Gasteiger partial charge in [0.25, 0.3) is 0 Å². The van der Waals surface area contributed by atoms with Crippen LogP contribution in [0.3, 0.4) is 0 Å². The molecule has 1 aromatic heterocycles. The van der Waals surface area contributed by atoms with Crippen molar-refractivity contribution in [1.29, 1.82) is 0 Å². The van der Waals surface area contributed by atoms with Crippen LogP contribution in [0, 0.1) is 5.82 Å². The van der Waals surface area contributed by atoms with Crippen LogP contribution in [0.5, 0.6) is 0 Å². The van der Waals surface area contributed by atoms with Gasteiger partial charge in [-0.15, -0.1) is 0 Å². The Kier molecular flexibility index (Phi) is 5.67. The molecule has 2 heterocycles. The van der Waals surface area contributed by atoms with Gasteiger partial charge >= 0.3 is 0 Å². The molecule has 0 saturated carbocycles. The molecule has 3 aromatic carbocycles. The first-order valence-corrected chi connectivity index (χ1v) is 10.9. The molecule has 5 rings (SSSR count). The van der Waals surface area contributed by atoms with E-state index in [-0.39, 0.29) is 11.7 Å². The van der Waals surface area contributed by atoms with Crippen molar-refractivity contribution in [3.8, 4) is 0 Å². The number of benzene rings is 3. The number of halogens is 2. The van der Waals surface area contributed by atoms with Crippen molar-refractivity contribution in [2.24, 2.45) is 0 Å². The zero-order valence-electron chi connectivity index (χ0n) is 17.6. The van der Waals surface area contributed by atoms with Gasteiger partial charge in [-0.1, -0.05) is 60.7 Å². The van der Waals surface area contributed by atoms with Gasteiger partial charge in [0.2, 0.25) is 5.95 Å². The summed E-state index contributed by atoms with van der Waals surface area (Å²) in [4.78, 5) is 11.2. The van der Waals surface area contributed by atoms with Crippen LogP contribution in [0.1, 0.15) is 23.5 Å². The Morgan fingerprint density at radius 1 is 0.938 bits per heavy atom. The second kappa shape index (κ2) is 8.91. The molecule has 162 valence electrons. The Balaban J connectivity index is 1.49. The van der Waals surface area contributed by atoms with Gasteiger partial charge in [-0.05, 0) is 29.7 Å². The summed E-state index contributed by atoms with van der Waals surface area (Å²) in [5.41, 5.74) is 2.87. The second-order valence-electron chi connectivity index (χ2n) is 8.12. The van der Waals surface area contributed by atoms with Crippen LogP contribution >= 0.6 is 0 Å².